The summed E-state index contributed by atoms with van der Waals surface area (Å²) in [4.78, 5) is 24.7. The zero-order chi connectivity index (χ0) is 24.0. The number of alkyl halides is 3. The third kappa shape index (κ3) is 6.49. The molecule has 0 fully saturated rings. The van der Waals surface area contributed by atoms with Gasteiger partial charge in [0.1, 0.15) is 11.5 Å². The lowest BCUT2D eigenvalue weighted by Crippen LogP contribution is -2.30. The minimum atomic E-state index is -4.51. The zero-order valence-electron chi connectivity index (χ0n) is 17.8. The highest BCUT2D eigenvalue weighted by Crippen LogP contribution is 2.30. The maximum absolute atomic E-state index is 12.8. The van der Waals surface area contributed by atoms with Crippen LogP contribution in [-0.2, 0) is 11.0 Å². The summed E-state index contributed by atoms with van der Waals surface area (Å²) in [6.45, 7) is 1.59. The summed E-state index contributed by atoms with van der Waals surface area (Å²) in [6, 6.07) is 17.1. The van der Waals surface area contributed by atoms with Crippen LogP contribution in [0.3, 0.4) is 0 Å². The molecule has 2 N–H and O–H groups in total. The van der Waals surface area contributed by atoms with Gasteiger partial charge in [-0.1, -0.05) is 6.07 Å². The topological polar surface area (TPSA) is 76.7 Å². The van der Waals surface area contributed by atoms with E-state index in [1.807, 2.05) is 0 Å². The first-order valence-corrected chi connectivity index (χ1v) is 9.86. The van der Waals surface area contributed by atoms with Crippen LogP contribution in [0.2, 0.25) is 0 Å². The van der Waals surface area contributed by atoms with Crippen molar-refractivity contribution < 1.29 is 32.2 Å². The van der Waals surface area contributed by atoms with Gasteiger partial charge in [-0.2, -0.15) is 13.2 Å². The highest BCUT2D eigenvalue weighted by molar-refractivity contribution is 6.04. The van der Waals surface area contributed by atoms with Gasteiger partial charge in [0, 0.05) is 16.9 Å². The highest BCUT2D eigenvalue weighted by Gasteiger charge is 2.30. The molecule has 0 spiro atoms. The largest absolute Gasteiger partial charge is 0.497 e. The lowest BCUT2D eigenvalue weighted by molar-refractivity contribution is -0.137. The van der Waals surface area contributed by atoms with Gasteiger partial charge in [0.15, 0.2) is 6.10 Å². The number of amides is 2. The molecule has 3 aromatic rings. The van der Waals surface area contributed by atoms with Crippen molar-refractivity contribution in [2.75, 3.05) is 17.7 Å². The molecule has 0 bridgehead atoms. The monoisotopic (exact) mass is 458 g/mol. The number of carbonyl (C=O) groups excluding carboxylic acids is 2. The average Bonchev–Trinajstić information content (AvgIpc) is 2.79. The molecule has 0 radical (unpaired) electrons. The number of hydrogen-bond donors (Lipinski definition) is 2. The highest BCUT2D eigenvalue weighted by atomic mass is 19.4. The van der Waals surface area contributed by atoms with Crippen molar-refractivity contribution in [1.82, 2.24) is 0 Å². The van der Waals surface area contributed by atoms with Crippen LogP contribution >= 0.6 is 0 Å². The minimum absolute atomic E-state index is 0.0247. The Morgan fingerprint density at radius 3 is 2.09 bits per heavy atom. The fourth-order valence-corrected chi connectivity index (χ4v) is 2.84. The lowest BCUT2D eigenvalue weighted by Gasteiger charge is -2.15. The number of nitrogens with one attached hydrogen (secondary N) is 2. The van der Waals surface area contributed by atoms with Crippen LogP contribution in [0.15, 0.2) is 72.8 Å². The second-order valence-corrected chi connectivity index (χ2v) is 7.03. The predicted octanol–water partition coefficient (Wildman–Crippen LogP) is 5.37. The van der Waals surface area contributed by atoms with Crippen LogP contribution in [-0.4, -0.2) is 25.0 Å². The molecule has 3 rings (SSSR count). The van der Waals surface area contributed by atoms with Crippen molar-refractivity contribution >= 4 is 23.2 Å². The maximum Gasteiger partial charge on any atom is 0.416 e. The number of ether oxygens (including phenoxy) is 2. The summed E-state index contributed by atoms with van der Waals surface area (Å²) in [7, 11) is 1.55. The average molecular weight is 458 g/mol. The van der Waals surface area contributed by atoms with Crippen molar-refractivity contribution in [3.05, 3.63) is 83.9 Å². The van der Waals surface area contributed by atoms with E-state index in [1.54, 1.807) is 38.3 Å². The first-order valence-electron chi connectivity index (χ1n) is 9.86. The molecule has 0 heterocycles. The molecule has 172 valence electrons. The van der Waals surface area contributed by atoms with Crippen LogP contribution in [0.4, 0.5) is 24.5 Å². The van der Waals surface area contributed by atoms with Gasteiger partial charge in [-0.25, -0.2) is 0 Å². The molecular formula is C24H21F3N2O4. The zero-order valence-corrected chi connectivity index (χ0v) is 17.8. The number of hydrogen-bond acceptors (Lipinski definition) is 4. The second kappa shape index (κ2) is 10.1. The van der Waals surface area contributed by atoms with E-state index in [1.165, 1.54) is 36.4 Å². The van der Waals surface area contributed by atoms with Gasteiger partial charge in [-0.05, 0) is 73.7 Å². The molecule has 9 heteroatoms. The Morgan fingerprint density at radius 1 is 0.848 bits per heavy atom. The molecule has 0 aliphatic carbocycles. The quantitative estimate of drug-likeness (QED) is 0.499. The summed E-state index contributed by atoms with van der Waals surface area (Å²) in [5, 5.41) is 5.11. The van der Waals surface area contributed by atoms with Gasteiger partial charge in [0.25, 0.3) is 11.8 Å². The summed E-state index contributed by atoms with van der Waals surface area (Å²) in [5.74, 6) is 0.187. The summed E-state index contributed by atoms with van der Waals surface area (Å²) in [6.07, 6.45) is -5.29. The Kier molecular flexibility index (Phi) is 7.22. The Labute approximate surface area is 188 Å². The number of benzene rings is 3. The minimum Gasteiger partial charge on any atom is -0.497 e. The number of methoxy groups -OCH3 is 1. The molecule has 6 nitrogen and oxygen atoms in total. The van der Waals surface area contributed by atoms with E-state index in [0.29, 0.717) is 17.2 Å². The Hall–Kier alpha value is -4.01. The van der Waals surface area contributed by atoms with Gasteiger partial charge in [-0.3, -0.25) is 9.59 Å². The molecule has 0 aliphatic rings. The first kappa shape index (κ1) is 23.6. The van der Waals surface area contributed by atoms with Crippen LogP contribution < -0.4 is 20.1 Å². The standard InChI is InChI=1S/C24H21F3N2O4/c1-15(33-21-12-10-20(32-2)11-13-21)22(30)28-18-8-6-16(7-9-18)23(31)29-19-5-3-4-17(14-19)24(25,26)27/h3-15H,1-2H3,(H,28,30)(H,29,31). The third-order valence-corrected chi connectivity index (χ3v) is 4.60. The van der Waals surface area contributed by atoms with Gasteiger partial charge in [-0.15, -0.1) is 0 Å². The maximum atomic E-state index is 12.8. The van der Waals surface area contributed by atoms with Crippen molar-refractivity contribution in [2.45, 2.75) is 19.2 Å². The van der Waals surface area contributed by atoms with Crippen molar-refractivity contribution in [1.29, 1.82) is 0 Å². The summed E-state index contributed by atoms with van der Waals surface area (Å²) in [5.41, 5.74) is -0.185. The number of anilines is 2. The summed E-state index contributed by atoms with van der Waals surface area (Å²) < 4.78 is 49.1. The van der Waals surface area contributed by atoms with Gasteiger partial charge < -0.3 is 20.1 Å². The molecule has 2 amide bonds. The molecule has 0 aromatic heterocycles. The van der Waals surface area contributed by atoms with Crippen LogP contribution in [0.25, 0.3) is 0 Å². The fraction of sp³-hybridized carbons (Fsp3) is 0.167. The smallest absolute Gasteiger partial charge is 0.416 e. The Balaban J connectivity index is 1.57. The van der Waals surface area contributed by atoms with Gasteiger partial charge >= 0.3 is 6.18 Å². The van der Waals surface area contributed by atoms with E-state index in [0.717, 1.165) is 12.1 Å². The molecule has 1 atom stereocenters. The fourth-order valence-electron chi connectivity index (χ4n) is 2.84. The second-order valence-electron chi connectivity index (χ2n) is 7.03. The number of carbonyl (C=O) groups is 2. The summed E-state index contributed by atoms with van der Waals surface area (Å²) >= 11 is 0. The molecule has 0 saturated heterocycles. The lowest BCUT2D eigenvalue weighted by atomic mass is 10.1. The number of halogens is 3. The number of rotatable bonds is 7. The van der Waals surface area contributed by atoms with Crippen LogP contribution in [0, 0.1) is 0 Å². The molecule has 33 heavy (non-hydrogen) atoms. The first-order chi connectivity index (χ1) is 15.7. The van der Waals surface area contributed by atoms with Crippen LogP contribution in [0.1, 0.15) is 22.8 Å². The van der Waals surface area contributed by atoms with E-state index < -0.39 is 29.7 Å². The Bertz CT molecular complexity index is 1110. The van der Waals surface area contributed by atoms with E-state index in [2.05, 4.69) is 10.6 Å². The van der Waals surface area contributed by atoms with Crippen molar-refractivity contribution in [3.63, 3.8) is 0 Å². The van der Waals surface area contributed by atoms with E-state index >= 15 is 0 Å². The SMILES string of the molecule is COc1ccc(OC(C)C(=O)Nc2ccc(C(=O)Nc3cccc(C(F)(F)F)c3)cc2)cc1. The predicted molar refractivity (Wildman–Crippen MR) is 118 cm³/mol. The van der Waals surface area contributed by atoms with Gasteiger partial charge in [0.05, 0.1) is 12.7 Å². The van der Waals surface area contributed by atoms with E-state index in [-0.39, 0.29) is 11.3 Å². The normalized spacial score (nSPS) is 11.9. The van der Waals surface area contributed by atoms with Crippen molar-refractivity contribution in [3.8, 4) is 11.5 Å². The molecular weight excluding hydrogens is 437 g/mol. The Morgan fingerprint density at radius 2 is 1.48 bits per heavy atom. The molecule has 0 saturated carbocycles. The van der Waals surface area contributed by atoms with Crippen LogP contribution in [0.5, 0.6) is 11.5 Å². The van der Waals surface area contributed by atoms with Crippen molar-refractivity contribution in [2.24, 2.45) is 0 Å². The third-order valence-electron chi connectivity index (χ3n) is 4.60. The molecule has 1 unspecified atom stereocenters. The molecule has 3 aromatic carbocycles. The van der Waals surface area contributed by atoms with E-state index in [4.69, 9.17) is 9.47 Å². The van der Waals surface area contributed by atoms with E-state index in [9.17, 15) is 22.8 Å². The molecule has 0 aliphatic heterocycles. The van der Waals surface area contributed by atoms with Gasteiger partial charge in [0.2, 0.25) is 0 Å².